The smallest absolute Gasteiger partial charge is 0.310 e. The van der Waals surface area contributed by atoms with Gasteiger partial charge in [-0.25, -0.2) is 0 Å². The van der Waals surface area contributed by atoms with Crippen LogP contribution in [-0.4, -0.2) is 12.6 Å². The van der Waals surface area contributed by atoms with Gasteiger partial charge in [0.15, 0.2) is 0 Å². The van der Waals surface area contributed by atoms with E-state index in [1.54, 1.807) is 6.26 Å². The quantitative estimate of drug-likeness (QED) is 0.597. The van der Waals surface area contributed by atoms with Crippen LogP contribution in [-0.2, 0) is 16.0 Å². The summed E-state index contributed by atoms with van der Waals surface area (Å²) in [4.78, 5) is 11.6. The molecule has 3 nitrogen and oxygen atoms in total. The second kappa shape index (κ2) is 5.71. The Morgan fingerprint density at radius 1 is 1.39 bits per heavy atom. The predicted molar refractivity (Wildman–Crippen MR) is 70.5 cm³/mol. The molecule has 0 aliphatic carbocycles. The van der Waals surface area contributed by atoms with Gasteiger partial charge in [0.2, 0.25) is 0 Å². The van der Waals surface area contributed by atoms with Crippen molar-refractivity contribution in [2.45, 2.75) is 33.1 Å². The van der Waals surface area contributed by atoms with E-state index in [0.29, 0.717) is 6.61 Å². The van der Waals surface area contributed by atoms with E-state index in [9.17, 15) is 4.79 Å². The van der Waals surface area contributed by atoms with E-state index in [0.717, 1.165) is 34.9 Å². The highest BCUT2D eigenvalue weighted by Crippen LogP contribution is 2.22. The number of carbonyl (C=O) groups excluding carboxylic acids is 1. The third kappa shape index (κ3) is 2.92. The number of ether oxygens (including phenoxy) is 1. The Bertz CT molecular complexity index is 540. The molecule has 0 spiro atoms. The molecule has 96 valence electrons. The van der Waals surface area contributed by atoms with Crippen molar-refractivity contribution in [2.75, 3.05) is 6.61 Å². The first-order valence-corrected chi connectivity index (χ1v) is 6.33. The Balaban J connectivity index is 2.05. The number of hydrogen-bond donors (Lipinski definition) is 0. The molecule has 1 heterocycles. The molecule has 1 aromatic carbocycles. The SMILES string of the molecule is CCCCOC(=O)Cc1coc2cc(C)ccc12. The zero-order chi connectivity index (χ0) is 13.0. The fourth-order valence-corrected chi connectivity index (χ4v) is 1.86. The molecule has 0 amide bonds. The average molecular weight is 246 g/mol. The van der Waals surface area contributed by atoms with Gasteiger partial charge in [0, 0.05) is 10.9 Å². The van der Waals surface area contributed by atoms with Gasteiger partial charge in [0.05, 0.1) is 19.3 Å². The van der Waals surface area contributed by atoms with Crippen LogP contribution in [0.2, 0.25) is 0 Å². The van der Waals surface area contributed by atoms with Gasteiger partial charge in [0.1, 0.15) is 5.58 Å². The van der Waals surface area contributed by atoms with E-state index in [-0.39, 0.29) is 12.4 Å². The molecule has 0 saturated carbocycles. The number of carbonyl (C=O) groups is 1. The van der Waals surface area contributed by atoms with E-state index < -0.39 is 0 Å². The number of fused-ring (bicyclic) bond motifs is 1. The zero-order valence-electron chi connectivity index (χ0n) is 10.9. The van der Waals surface area contributed by atoms with Crippen LogP contribution in [0.1, 0.15) is 30.9 Å². The average Bonchev–Trinajstić information content (AvgIpc) is 2.72. The summed E-state index contributed by atoms with van der Waals surface area (Å²) in [5.41, 5.74) is 2.87. The maximum Gasteiger partial charge on any atom is 0.310 e. The summed E-state index contributed by atoms with van der Waals surface area (Å²) in [5, 5.41) is 0.994. The van der Waals surface area contributed by atoms with Crippen LogP contribution in [0.5, 0.6) is 0 Å². The Morgan fingerprint density at radius 3 is 3.00 bits per heavy atom. The van der Waals surface area contributed by atoms with E-state index in [1.807, 2.05) is 25.1 Å². The van der Waals surface area contributed by atoms with Crippen molar-refractivity contribution in [3.05, 3.63) is 35.6 Å². The minimum absolute atomic E-state index is 0.188. The Hall–Kier alpha value is -1.77. The van der Waals surface area contributed by atoms with Crippen LogP contribution in [0, 0.1) is 6.92 Å². The monoisotopic (exact) mass is 246 g/mol. The Kier molecular flexibility index (Phi) is 4.03. The van der Waals surface area contributed by atoms with Crippen LogP contribution in [0.15, 0.2) is 28.9 Å². The molecular weight excluding hydrogens is 228 g/mol. The number of furan rings is 1. The van der Waals surface area contributed by atoms with E-state index in [2.05, 4.69) is 6.92 Å². The highest BCUT2D eigenvalue weighted by atomic mass is 16.5. The lowest BCUT2D eigenvalue weighted by atomic mass is 10.1. The second-order valence-corrected chi connectivity index (χ2v) is 4.51. The topological polar surface area (TPSA) is 39.4 Å². The van der Waals surface area contributed by atoms with Crippen LogP contribution >= 0.6 is 0 Å². The van der Waals surface area contributed by atoms with Crippen LogP contribution < -0.4 is 0 Å². The van der Waals surface area contributed by atoms with Gasteiger partial charge < -0.3 is 9.15 Å². The van der Waals surface area contributed by atoms with Crippen LogP contribution in [0.25, 0.3) is 11.0 Å². The van der Waals surface area contributed by atoms with Crippen molar-refractivity contribution in [3.8, 4) is 0 Å². The molecule has 0 radical (unpaired) electrons. The second-order valence-electron chi connectivity index (χ2n) is 4.51. The predicted octanol–water partition coefficient (Wildman–Crippen LogP) is 3.63. The number of aryl methyl sites for hydroxylation is 1. The minimum Gasteiger partial charge on any atom is -0.465 e. The number of esters is 1. The maximum absolute atomic E-state index is 11.6. The molecule has 0 aliphatic rings. The van der Waals surface area contributed by atoms with Crippen molar-refractivity contribution < 1.29 is 13.9 Å². The maximum atomic E-state index is 11.6. The molecule has 18 heavy (non-hydrogen) atoms. The van der Waals surface area contributed by atoms with Crippen molar-refractivity contribution >= 4 is 16.9 Å². The molecule has 0 N–H and O–H groups in total. The lowest BCUT2D eigenvalue weighted by Gasteiger charge is -2.02. The van der Waals surface area contributed by atoms with E-state index in [1.165, 1.54) is 0 Å². The molecule has 3 heteroatoms. The fourth-order valence-electron chi connectivity index (χ4n) is 1.86. The normalized spacial score (nSPS) is 10.8. The standard InChI is InChI=1S/C15H18O3/c1-3-4-7-17-15(16)9-12-10-18-14-8-11(2)5-6-13(12)14/h5-6,8,10H,3-4,7,9H2,1-2H3. The third-order valence-electron chi connectivity index (χ3n) is 2.91. The molecule has 0 bridgehead atoms. The summed E-state index contributed by atoms with van der Waals surface area (Å²) >= 11 is 0. The summed E-state index contributed by atoms with van der Waals surface area (Å²) in [7, 11) is 0. The summed E-state index contributed by atoms with van der Waals surface area (Å²) in [6, 6.07) is 5.98. The Labute approximate surface area is 107 Å². The lowest BCUT2D eigenvalue weighted by Crippen LogP contribution is -2.08. The van der Waals surface area contributed by atoms with Crippen molar-refractivity contribution in [2.24, 2.45) is 0 Å². The first-order valence-electron chi connectivity index (χ1n) is 6.33. The molecule has 1 aromatic heterocycles. The van der Waals surface area contributed by atoms with Crippen LogP contribution in [0.3, 0.4) is 0 Å². The summed E-state index contributed by atoms with van der Waals surface area (Å²) < 4.78 is 10.6. The molecule has 0 fully saturated rings. The number of unbranched alkanes of at least 4 members (excludes halogenated alkanes) is 1. The van der Waals surface area contributed by atoms with Crippen molar-refractivity contribution in [3.63, 3.8) is 0 Å². The third-order valence-corrected chi connectivity index (χ3v) is 2.91. The van der Waals surface area contributed by atoms with Crippen molar-refractivity contribution in [1.82, 2.24) is 0 Å². The minimum atomic E-state index is -0.188. The molecule has 0 saturated heterocycles. The number of benzene rings is 1. The fraction of sp³-hybridized carbons (Fsp3) is 0.400. The van der Waals surface area contributed by atoms with Gasteiger partial charge in [-0.15, -0.1) is 0 Å². The molecule has 0 aliphatic heterocycles. The van der Waals surface area contributed by atoms with Gasteiger partial charge in [-0.2, -0.15) is 0 Å². The van der Waals surface area contributed by atoms with Gasteiger partial charge in [0.25, 0.3) is 0 Å². The van der Waals surface area contributed by atoms with Gasteiger partial charge in [-0.3, -0.25) is 4.79 Å². The lowest BCUT2D eigenvalue weighted by molar-refractivity contribution is -0.142. The zero-order valence-corrected chi connectivity index (χ0v) is 10.9. The number of rotatable bonds is 5. The highest BCUT2D eigenvalue weighted by Gasteiger charge is 2.11. The first kappa shape index (κ1) is 12.7. The first-order chi connectivity index (χ1) is 8.70. The molecule has 2 rings (SSSR count). The van der Waals surface area contributed by atoms with E-state index >= 15 is 0 Å². The molecule has 2 aromatic rings. The summed E-state index contributed by atoms with van der Waals surface area (Å²) in [6.07, 6.45) is 3.86. The highest BCUT2D eigenvalue weighted by molar-refractivity contribution is 5.86. The van der Waals surface area contributed by atoms with Gasteiger partial charge in [-0.1, -0.05) is 25.5 Å². The summed E-state index contributed by atoms with van der Waals surface area (Å²) in [6.45, 7) is 4.59. The molecule has 0 unspecified atom stereocenters. The molecular formula is C15H18O3. The Morgan fingerprint density at radius 2 is 2.22 bits per heavy atom. The van der Waals surface area contributed by atoms with E-state index in [4.69, 9.17) is 9.15 Å². The number of hydrogen-bond acceptors (Lipinski definition) is 3. The van der Waals surface area contributed by atoms with Gasteiger partial charge in [-0.05, 0) is 25.0 Å². The largest absolute Gasteiger partial charge is 0.465 e. The van der Waals surface area contributed by atoms with Crippen LogP contribution in [0.4, 0.5) is 0 Å². The molecule has 0 atom stereocenters. The summed E-state index contributed by atoms with van der Waals surface area (Å²) in [5.74, 6) is -0.188. The van der Waals surface area contributed by atoms with Gasteiger partial charge >= 0.3 is 5.97 Å². The van der Waals surface area contributed by atoms with Crippen molar-refractivity contribution in [1.29, 1.82) is 0 Å².